The smallest absolute Gasteiger partial charge is 0.272 e. The van der Waals surface area contributed by atoms with E-state index in [4.69, 9.17) is 0 Å². The third kappa shape index (κ3) is 3.78. The number of nitrogens with one attached hydrogen (secondary N) is 1. The normalized spacial score (nSPS) is 14.0. The van der Waals surface area contributed by atoms with Gasteiger partial charge in [-0.1, -0.05) is 12.1 Å². The van der Waals surface area contributed by atoms with Crippen LogP contribution in [-0.4, -0.2) is 34.9 Å². The van der Waals surface area contributed by atoms with Gasteiger partial charge in [-0.2, -0.15) is 0 Å². The fraction of sp³-hybridized carbons (Fsp3) is 0.533. The molecule has 6 heteroatoms. The van der Waals surface area contributed by atoms with Crippen molar-refractivity contribution in [2.24, 2.45) is 0 Å². The zero-order valence-corrected chi connectivity index (χ0v) is 12.5. The van der Waals surface area contributed by atoms with Gasteiger partial charge in [-0.05, 0) is 32.3 Å². The molecule has 1 fully saturated rings. The number of hydrogen-bond acceptors (Lipinski definition) is 4. The molecule has 0 aliphatic heterocycles. The van der Waals surface area contributed by atoms with Crippen LogP contribution in [0.4, 0.5) is 5.69 Å². The zero-order chi connectivity index (χ0) is 15.4. The number of nitro benzene ring substituents is 1. The van der Waals surface area contributed by atoms with Crippen LogP contribution in [-0.2, 0) is 11.3 Å². The van der Waals surface area contributed by atoms with Crippen molar-refractivity contribution in [2.45, 2.75) is 39.3 Å². The lowest BCUT2D eigenvalue weighted by Crippen LogP contribution is -2.39. The van der Waals surface area contributed by atoms with E-state index in [0.717, 1.165) is 24.9 Å². The topological polar surface area (TPSA) is 75.5 Å². The molecule has 0 saturated heterocycles. The molecule has 1 amide bonds. The predicted molar refractivity (Wildman–Crippen MR) is 79.9 cm³/mol. The van der Waals surface area contributed by atoms with Gasteiger partial charge in [-0.15, -0.1) is 0 Å². The average Bonchev–Trinajstić information content (AvgIpc) is 3.26. The predicted octanol–water partition coefficient (Wildman–Crippen LogP) is 2.00. The van der Waals surface area contributed by atoms with E-state index >= 15 is 0 Å². The summed E-state index contributed by atoms with van der Waals surface area (Å²) in [4.78, 5) is 24.5. The molecule has 0 atom stereocenters. The zero-order valence-electron chi connectivity index (χ0n) is 12.5. The Labute approximate surface area is 124 Å². The molecule has 0 aromatic heterocycles. The molecule has 1 aromatic rings. The number of carbonyl (C=O) groups is 1. The monoisotopic (exact) mass is 291 g/mol. The Morgan fingerprint density at radius 2 is 2.19 bits per heavy atom. The quantitative estimate of drug-likeness (QED) is 0.616. The molecule has 0 radical (unpaired) electrons. The second-order valence-corrected chi connectivity index (χ2v) is 5.33. The van der Waals surface area contributed by atoms with E-state index in [-0.39, 0.29) is 23.1 Å². The fourth-order valence-corrected chi connectivity index (χ4v) is 2.49. The first-order valence-corrected chi connectivity index (χ1v) is 7.27. The van der Waals surface area contributed by atoms with Crippen LogP contribution >= 0.6 is 0 Å². The SMILES string of the molecule is CCN(C(=O)CNCc1cccc([N+](=O)[O-])c1C)C1CC1. The number of benzene rings is 1. The molecule has 0 spiro atoms. The average molecular weight is 291 g/mol. The Bertz CT molecular complexity index is 541. The summed E-state index contributed by atoms with van der Waals surface area (Å²) >= 11 is 0. The second-order valence-electron chi connectivity index (χ2n) is 5.33. The third-order valence-corrected chi connectivity index (χ3v) is 3.85. The molecular formula is C15H21N3O3. The highest BCUT2D eigenvalue weighted by Gasteiger charge is 2.30. The molecule has 114 valence electrons. The van der Waals surface area contributed by atoms with Crippen molar-refractivity contribution in [1.29, 1.82) is 0 Å². The molecule has 1 aliphatic carbocycles. The van der Waals surface area contributed by atoms with Gasteiger partial charge in [0.1, 0.15) is 0 Å². The van der Waals surface area contributed by atoms with Crippen LogP contribution in [0.5, 0.6) is 0 Å². The fourth-order valence-electron chi connectivity index (χ4n) is 2.49. The van der Waals surface area contributed by atoms with Gasteiger partial charge in [0.2, 0.25) is 5.91 Å². The summed E-state index contributed by atoms with van der Waals surface area (Å²) in [5.74, 6) is 0.100. The van der Waals surface area contributed by atoms with E-state index in [1.54, 1.807) is 13.0 Å². The molecule has 6 nitrogen and oxygen atoms in total. The van der Waals surface area contributed by atoms with Gasteiger partial charge < -0.3 is 10.2 Å². The van der Waals surface area contributed by atoms with Crippen LogP contribution in [0.3, 0.4) is 0 Å². The van der Waals surface area contributed by atoms with Crippen molar-refractivity contribution in [1.82, 2.24) is 10.2 Å². The van der Waals surface area contributed by atoms with Crippen LogP contribution in [0.2, 0.25) is 0 Å². The van der Waals surface area contributed by atoms with Crippen LogP contribution in [0.1, 0.15) is 30.9 Å². The molecule has 1 saturated carbocycles. The Balaban J connectivity index is 1.90. The Kier molecular flexibility index (Phi) is 4.90. The van der Waals surface area contributed by atoms with Gasteiger partial charge in [0, 0.05) is 30.8 Å². The number of likely N-dealkylation sites (N-methyl/N-ethyl adjacent to an activating group) is 1. The summed E-state index contributed by atoms with van der Waals surface area (Å²) in [6, 6.07) is 5.43. The molecule has 0 heterocycles. The van der Waals surface area contributed by atoms with Gasteiger partial charge in [0.25, 0.3) is 5.69 Å². The minimum Gasteiger partial charge on any atom is -0.339 e. The van der Waals surface area contributed by atoms with E-state index in [9.17, 15) is 14.9 Å². The minimum absolute atomic E-state index is 0.100. The molecule has 21 heavy (non-hydrogen) atoms. The summed E-state index contributed by atoms with van der Waals surface area (Å²) in [6.07, 6.45) is 2.20. The summed E-state index contributed by atoms with van der Waals surface area (Å²) in [5, 5.41) is 14.0. The first-order chi connectivity index (χ1) is 10.0. The lowest BCUT2D eigenvalue weighted by molar-refractivity contribution is -0.385. The maximum atomic E-state index is 12.1. The number of carbonyl (C=O) groups excluding carboxylic acids is 1. The first-order valence-electron chi connectivity index (χ1n) is 7.27. The lowest BCUT2D eigenvalue weighted by atomic mass is 10.1. The van der Waals surface area contributed by atoms with Gasteiger partial charge >= 0.3 is 0 Å². The van der Waals surface area contributed by atoms with E-state index in [0.29, 0.717) is 18.2 Å². The maximum absolute atomic E-state index is 12.1. The van der Waals surface area contributed by atoms with Crippen LogP contribution in [0.25, 0.3) is 0 Å². The number of nitro groups is 1. The highest BCUT2D eigenvalue weighted by Crippen LogP contribution is 2.26. The van der Waals surface area contributed by atoms with Crippen molar-refractivity contribution in [3.63, 3.8) is 0 Å². The molecule has 2 rings (SSSR count). The molecule has 1 N–H and O–H groups in total. The maximum Gasteiger partial charge on any atom is 0.272 e. The largest absolute Gasteiger partial charge is 0.339 e. The van der Waals surface area contributed by atoms with E-state index in [1.807, 2.05) is 17.9 Å². The van der Waals surface area contributed by atoms with Crippen LogP contribution in [0.15, 0.2) is 18.2 Å². The third-order valence-electron chi connectivity index (χ3n) is 3.85. The Hall–Kier alpha value is -1.95. The summed E-state index contributed by atoms with van der Waals surface area (Å²) < 4.78 is 0. The number of nitrogens with zero attached hydrogens (tertiary/aromatic N) is 2. The highest BCUT2D eigenvalue weighted by molar-refractivity contribution is 5.78. The number of rotatable bonds is 7. The van der Waals surface area contributed by atoms with Crippen molar-refractivity contribution in [3.8, 4) is 0 Å². The first kappa shape index (κ1) is 15.4. The number of hydrogen-bond donors (Lipinski definition) is 1. The molecule has 1 aliphatic rings. The van der Waals surface area contributed by atoms with Gasteiger partial charge in [-0.3, -0.25) is 14.9 Å². The standard InChI is InChI=1S/C15H21N3O3/c1-3-17(13-7-8-13)15(19)10-16-9-12-5-4-6-14(11(12)2)18(20)21/h4-6,13,16H,3,7-10H2,1-2H3. The molecule has 0 unspecified atom stereocenters. The van der Waals surface area contributed by atoms with Crippen molar-refractivity contribution in [2.75, 3.05) is 13.1 Å². The van der Waals surface area contributed by atoms with Gasteiger partial charge in [0.15, 0.2) is 0 Å². The Morgan fingerprint density at radius 3 is 2.76 bits per heavy atom. The molecular weight excluding hydrogens is 270 g/mol. The highest BCUT2D eigenvalue weighted by atomic mass is 16.6. The van der Waals surface area contributed by atoms with Crippen LogP contribution in [0, 0.1) is 17.0 Å². The molecule has 0 bridgehead atoms. The van der Waals surface area contributed by atoms with E-state index in [1.165, 1.54) is 6.07 Å². The van der Waals surface area contributed by atoms with Gasteiger partial charge in [-0.25, -0.2) is 0 Å². The van der Waals surface area contributed by atoms with Gasteiger partial charge in [0.05, 0.1) is 11.5 Å². The van der Waals surface area contributed by atoms with E-state index in [2.05, 4.69) is 5.32 Å². The minimum atomic E-state index is -0.379. The summed E-state index contributed by atoms with van der Waals surface area (Å²) in [6.45, 7) is 5.19. The van der Waals surface area contributed by atoms with E-state index < -0.39 is 0 Å². The Morgan fingerprint density at radius 1 is 1.48 bits per heavy atom. The summed E-state index contributed by atoms with van der Waals surface area (Å²) in [5.41, 5.74) is 1.62. The van der Waals surface area contributed by atoms with Crippen LogP contribution < -0.4 is 5.32 Å². The molecule has 1 aromatic carbocycles. The van der Waals surface area contributed by atoms with Crippen molar-refractivity contribution in [3.05, 3.63) is 39.4 Å². The van der Waals surface area contributed by atoms with Crippen molar-refractivity contribution < 1.29 is 9.72 Å². The lowest BCUT2D eigenvalue weighted by Gasteiger charge is -2.20. The number of amides is 1. The van der Waals surface area contributed by atoms with Crippen molar-refractivity contribution >= 4 is 11.6 Å². The summed E-state index contributed by atoms with van der Waals surface area (Å²) in [7, 11) is 0. The second kappa shape index (κ2) is 6.67.